The molecule has 1 aromatic heterocycles. The number of aromatic nitrogens is 1. The van der Waals surface area contributed by atoms with Crippen molar-refractivity contribution in [3.8, 4) is 11.3 Å². The molecule has 0 unspecified atom stereocenters. The van der Waals surface area contributed by atoms with Crippen LogP contribution in [0.5, 0.6) is 0 Å². The molecule has 0 aliphatic rings. The Morgan fingerprint density at radius 2 is 1.81 bits per heavy atom. The van der Waals surface area contributed by atoms with E-state index in [1.165, 1.54) is 22.4 Å². The summed E-state index contributed by atoms with van der Waals surface area (Å²) in [5.74, 6) is 0. The molecule has 140 valence electrons. The normalized spacial score (nSPS) is 11.1. The number of anilines is 2. The topological polar surface area (TPSA) is 40.5 Å². The predicted molar refractivity (Wildman–Crippen MR) is 118 cm³/mol. The van der Waals surface area contributed by atoms with Crippen molar-refractivity contribution in [2.45, 2.75) is 27.7 Å². The van der Waals surface area contributed by atoms with Gasteiger partial charge in [-0.05, 0) is 51.0 Å². The Morgan fingerprint density at radius 3 is 2.48 bits per heavy atom. The van der Waals surface area contributed by atoms with Gasteiger partial charge < -0.3 is 4.90 Å². The van der Waals surface area contributed by atoms with Crippen LogP contribution in [0.3, 0.4) is 0 Å². The number of hydrogen-bond donors (Lipinski definition) is 1. The van der Waals surface area contributed by atoms with Crippen LogP contribution in [-0.2, 0) is 0 Å². The summed E-state index contributed by atoms with van der Waals surface area (Å²) in [4.78, 5) is 6.97. The number of rotatable bonds is 7. The van der Waals surface area contributed by atoms with Gasteiger partial charge in [0.2, 0.25) is 5.13 Å². The van der Waals surface area contributed by atoms with Crippen molar-refractivity contribution in [2.24, 2.45) is 5.10 Å². The molecule has 0 aliphatic heterocycles. The lowest BCUT2D eigenvalue weighted by Gasteiger charge is -2.20. The molecule has 1 N–H and O–H groups in total. The smallest absolute Gasteiger partial charge is 0.203 e. The number of thiazole rings is 1. The molecule has 0 amide bonds. The molecule has 0 radical (unpaired) electrons. The quantitative estimate of drug-likeness (QED) is 0.422. The highest BCUT2D eigenvalue weighted by atomic mass is 32.1. The van der Waals surface area contributed by atoms with E-state index in [1.807, 2.05) is 6.21 Å². The number of hydrazone groups is 1. The van der Waals surface area contributed by atoms with E-state index in [-0.39, 0.29) is 0 Å². The minimum atomic E-state index is 0.793. The standard InChI is InChI=1S/C22H26N4S/c1-5-26(6-2)19-10-8-18(9-11-19)14-23-25-22-24-21(15-27-22)20-12-7-16(3)13-17(20)4/h7-15H,5-6H2,1-4H3,(H,24,25)/b23-14-. The molecule has 0 atom stereocenters. The highest BCUT2D eigenvalue weighted by Crippen LogP contribution is 2.28. The number of hydrogen-bond acceptors (Lipinski definition) is 5. The molecular weight excluding hydrogens is 352 g/mol. The van der Waals surface area contributed by atoms with Crippen molar-refractivity contribution in [3.05, 3.63) is 64.5 Å². The first-order valence-corrected chi connectivity index (χ1v) is 10.2. The molecule has 0 aliphatic carbocycles. The Labute approximate surface area is 165 Å². The molecule has 0 bridgehead atoms. The van der Waals surface area contributed by atoms with Crippen molar-refractivity contribution in [1.82, 2.24) is 4.98 Å². The average Bonchev–Trinajstić information content (AvgIpc) is 3.12. The van der Waals surface area contributed by atoms with Crippen molar-refractivity contribution in [1.29, 1.82) is 0 Å². The summed E-state index contributed by atoms with van der Waals surface area (Å²) >= 11 is 1.56. The monoisotopic (exact) mass is 378 g/mol. The molecule has 0 fully saturated rings. The van der Waals surface area contributed by atoms with Gasteiger partial charge in [-0.25, -0.2) is 4.98 Å². The van der Waals surface area contributed by atoms with E-state index in [9.17, 15) is 0 Å². The van der Waals surface area contributed by atoms with Gasteiger partial charge in [-0.3, -0.25) is 5.43 Å². The van der Waals surface area contributed by atoms with Gasteiger partial charge >= 0.3 is 0 Å². The van der Waals surface area contributed by atoms with Gasteiger partial charge in [0.15, 0.2) is 0 Å². The Balaban J connectivity index is 1.64. The van der Waals surface area contributed by atoms with E-state index in [2.05, 4.69) is 96.0 Å². The Bertz CT molecular complexity index is 908. The second kappa shape index (κ2) is 8.82. The van der Waals surface area contributed by atoms with Crippen LogP contribution in [0.25, 0.3) is 11.3 Å². The number of aryl methyl sites for hydroxylation is 2. The zero-order chi connectivity index (χ0) is 19.2. The summed E-state index contributed by atoms with van der Waals surface area (Å²) in [5, 5.41) is 7.19. The first-order valence-electron chi connectivity index (χ1n) is 9.28. The second-order valence-electron chi connectivity index (χ2n) is 6.49. The van der Waals surface area contributed by atoms with Gasteiger partial charge in [-0.2, -0.15) is 5.10 Å². The molecule has 0 spiro atoms. The Hall–Kier alpha value is -2.66. The minimum absolute atomic E-state index is 0.793. The molecule has 0 saturated carbocycles. The van der Waals surface area contributed by atoms with Crippen LogP contribution < -0.4 is 10.3 Å². The van der Waals surface area contributed by atoms with Crippen LogP contribution >= 0.6 is 11.3 Å². The summed E-state index contributed by atoms with van der Waals surface area (Å²) in [6.07, 6.45) is 1.82. The molecule has 3 rings (SSSR count). The van der Waals surface area contributed by atoms with Crippen LogP contribution in [-0.4, -0.2) is 24.3 Å². The van der Waals surface area contributed by atoms with Gasteiger partial charge in [0.25, 0.3) is 0 Å². The summed E-state index contributed by atoms with van der Waals surface area (Å²) in [6.45, 7) is 10.6. The number of nitrogens with one attached hydrogen (secondary N) is 1. The zero-order valence-electron chi connectivity index (χ0n) is 16.4. The third-order valence-electron chi connectivity index (χ3n) is 4.56. The van der Waals surface area contributed by atoms with Gasteiger partial charge in [0, 0.05) is 29.7 Å². The van der Waals surface area contributed by atoms with Crippen LogP contribution in [0.15, 0.2) is 52.9 Å². The highest BCUT2D eigenvalue weighted by Gasteiger charge is 2.07. The Morgan fingerprint density at radius 1 is 1.07 bits per heavy atom. The lowest BCUT2D eigenvalue weighted by molar-refractivity contribution is 0.866. The minimum Gasteiger partial charge on any atom is -0.372 e. The maximum atomic E-state index is 4.65. The molecule has 0 saturated heterocycles. The van der Waals surface area contributed by atoms with E-state index in [0.717, 1.165) is 29.5 Å². The summed E-state index contributed by atoms with van der Waals surface area (Å²) in [7, 11) is 0. The van der Waals surface area contributed by atoms with Crippen molar-refractivity contribution in [2.75, 3.05) is 23.4 Å². The van der Waals surface area contributed by atoms with Crippen LogP contribution in [0.1, 0.15) is 30.5 Å². The second-order valence-corrected chi connectivity index (χ2v) is 7.35. The fraction of sp³-hybridized carbons (Fsp3) is 0.273. The maximum Gasteiger partial charge on any atom is 0.203 e. The molecule has 1 heterocycles. The first kappa shape index (κ1) is 19.1. The van der Waals surface area contributed by atoms with Gasteiger partial charge in [0.1, 0.15) is 0 Å². The third-order valence-corrected chi connectivity index (χ3v) is 5.30. The molecule has 5 heteroatoms. The zero-order valence-corrected chi connectivity index (χ0v) is 17.2. The summed E-state index contributed by atoms with van der Waals surface area (Å²) < 4.78 is 0. The van der Waals surface area contributed by atoms with Crippen LogP contribution in [0, 0.1) is 13.8 Å². The average molecular weight is 379 g/mol. The molecule has 3 aromatic rings. The fourth-order valence-electron chi connectivity index (χ4n) is 3.07. The van der Waals surface area contributed by atoms with E-state index in [1.54, 1.807) is 11.3 Å². The number of nitrogens with zero attached hydrogens (tertiary/aromatic N) is 3. The van der Waals surface area contributed by atoms with Crippen molar-refractivity contribution in [3.63, 3.8) is 0 Å². The largest absolute Gasteiger partial charge is 0.372 e. The SMILES string of the molecule is CCN(CC)c1ccc(/C=N\Nc2nc(-c3ccc(C)cc3C)cs2)cc1. The molecule has 2 aromatic carbocycles. The number of benzene rings is 2. The van der Waals surface area contributed by atoms with E-state index in [0.29, 0.717) is 0 Å². The van der Waals surface area contributed by atoms with Gasteiger partial charge in [-0.1, -0.05) is 35.9 Å². The van der Waals surface area contributed by atoms with E-state index >= 15 is 0 Å². The third kappa shape index (κ3) is 4.74. The lowest BCUT2D eigenvalue weighted by atomic mass is 10.0. The molecule has 4 nitrogen and oxygen atoms in total. The summed E-state index contributed by atoms with van der Waals surface area (Å²) in [6, 6.07) is 14.9. The fourth-order valence-corrected chi connectivity index (χ4v) is 3.73. The Kier molecular flexibility index (Phi) is 6.24. The predicted octanol–water partition coefficient (Wildman–Crippen LogP) is 5.72. The molecule has 27 heavy (non-hydrogen) atoms. The van der Waals surface area contributed by atoms with Crippen molar-refractivity contribution >= 4 is 28.4 Å². The molecular formula is C22H26N4S. The summed E-state index contributed by atoms with van der Waals surface area (Å²) in [5.41, 5.74) is 10.00. The van der Waals surface area contributed by atoms with E-state index in [4.69, 9.17) is 0 Å². The van der Waals surface area contributed by atoms with Gasteiger partial charge in [-0.15, -0.1) is 11.3 Å². The maximum absolute atomic E-state index is 4.65. The van der Waals surface area contributed by atoms with Crippen molar-refractivity contribution < 1.29 is 0 Å². The van der Waals surface area contributed by atoms with Gasteiger partial charge in [0.05, 0.1) is 11.9 Å². The first-order chi connectivity index (χ1) is 13.1. The van der Waals surface area contributed by atoms with E-state index < -0.39 is 0 Å². The highest BCUT2D eigenvalue weighted by molar-refractivity contribution is 7.14. The van der Waals surface area contributed by atoms with Crippen LogP contribution in [0.2, 0.25) is 0 Å². The lowest BCUT2D eigenvalue weighted by Crippen LogP contribution is -2.21. The van der Waals surface area contributed by atoms with Crippen LogP contribution in [0.4, 0.5) is 10.8 Å².